The van der Waals surface area contributed by atoms with Gasteiger partial charge in [0, 0.05) is 13.5 Å². The van der Waals surface area contributed by atoms with Crippen molar-refractivity contribution in [3.05, 3.63) is 0 Å². The lowest BCUT2D eigenvalue weighted by molar-refractivity contribution is 0.235. The van der Waals surface area contributed by atoms with E-state index in [0.29, 0.717) is 5.05 Å². The van der Waals surface area contributed by atoms with Gasteiger partial charge < -0.3 is 14.8 Å². The molecule has 102 valence electrons. The molecule has 0 aliphatic rings. The lowest BCUT2D eigenvalue weighted by Gasteiger charge is -2.24. The lowest BCUT2D eigenvalue weighted by atomic mass is 10.2. The fraction of sp³-hybridized carbons (Fsp3) is 0.900. The molecule has 0 amide bonds. The number of thiocarbonyl (C=S) groups is 1. The second kappa shape index (κ2) is 9.36. The van der Waals surface area contributed by atoms with Crippen molar-refractivity contribution in [3.8, 4) is 0 Å². The molecule has 0 aliphatic carbocycles. The Morgan fingerprint density at radius 1 is 1.35 bits per heavy atom. The first-order valence-electron chi connectivity index (χ1n) is 5.83. The summed E-state index contributed by atoms with van der Waals surface area (Å²) >= 11 is 10.3. The number of rotatable bonds is 9. The molecule has 17 heavy (non-hydrogen) atoms. The van der Waals surface area contributed by atoms with Crippen LogP contribution in [0.5, 0.6) is 0 Å². The van der Waals surface area contributed by atoms with Gasteiger partial charge in [0.05, 0.1) is 6.10 Å². The second-order valence-corrected chi connectivity index (χ2v) is 7.71. The molecule has 0 fully saturated rings. The standard InChI is InChI=1S/C10H23N2O2PS2/c1-9(2)13-15(17,14-10(3)16)12-8-6-4-5-7-11/h9H,4-8,11H2,1-3H3,(H,12,17). The summed E-state index contributed by atoms with van der Waals surface area (Å²) in [6, 6.07) is 0. The van der Waals surface area contributed by atoms with Gasteiger partial charge in [-0.15, -0.1) is 0 Å². The minimum Gasteiger partial charge on any atom is -0.426 e. The third kappa shape index (κ3) is 10.1. The molecular formula is C10H23N2O2PS2. The Labute approximate surface area is 115 Å². The first-order valence-corrected chi connectivity index (χ1v) is 8.88. The predicted molar refractivity (Wildman–Crippen MR) is 80.8 cm³/mol. The summed E-state index contributed by atoms with van der Waals surface area (Å²) in [4.78, 5) is 0. The Balaban J connectivity index is 4.10. The molecule has 1 atom stereocenters. The highest BCUT2D eigenvalue weighted by atomic mass is 32.5. The summed E-state index contributed by atoms with van der Waals surface area (Å²) in [5.74, 6) is 0. The average Bonchev–Trinajstić information content (AvgIpc) is 2.14. The van der Waals surface area contributed by atoms with Gasteiger partial charge in [-0.1, -0.05) is 6.42 Å². The molecule has 7 heteroatoms. The first kappa shape index (κ1) is 17.4. The number of nitrogens with one attached hydrogen (secondary N) is 1. The number of hydrogen-bond donors (Lipinski definition) is 2. The summed E-state index contributed by atoms with van der Waals surface area (Å²) in [5, 5.41) is 3.59. The Morgan fingerprint density at radius 2 is 2.00 bits per heavy atom. The van der Waals surface area contributed by atoms with Crippen LogP contribution in [0, 0.1) is 0 Å². The van der Waals surface area contributed by atoms with Gasteiger partial charge in [-0.2, -0.15) is 0 Å². The fourth-order valence-corrected chi connectivity index (χ4v) is 4.29. The van der Waals surface area contributed by atoms with Crippen LogP contribution >= 0.6 is 18.9 Å². The third-order valence-corrected chi connectivity index (χ3v) is 4.68. The van der Waals surface area contributed by atoms with E-state index in [1.807, 2.05) is 13.8 Å². The van der Waals surface area contributed by atoms with Crippen LogP contribution in [0.4, 0.5) is 0 Å². The molecule has 0 aromatic carbocycles. The average molecular weight is 298 g/mol. The molecule has 0 rings (SSSR count). The lowest BCUT2D eigenvalue weighted by Crippen LogP contribution is -2.19. The quantitative estimate of drug-likeness (QED) is 0.388. The maximum Gasteiger partial charge on any atom is 0.313 e. The zero-order valence-electron chi connectivity index (χ0n) is 10.8. The molecule has 0 bridgehead atoms. The normalized spacial score (nSPS) is 14.6. The zero-order valence-corrected chi connectivity index (χ0v) is 13.3. The van der Waals surface area contributed by atoms with Crippen LogP contribution in [-0.2, 0) is 20.9 Å². The van der Waals surface area contributed by atoms with Crippen molar-refractivity contribution in [1.29, 1.82) is 0 Å². The van der Waals surface area contributed by atoms with Crippen molar-refractivity contribution < 1.29 is 9.05 Å². The fourth-order valence-electron chi connectivity index (χ4n) is 1.20. The van der Waals surface area contributed by atoms with E-state index in [1.54, 1.807) is 6.92 Å². The van der Waals surface area contributed by atoms with Crippen LogP contribution in [0.2, 0.25) is 0 Å². The molecule has 0 radical (unpaired) electrons. The van der Waals surface area contributed by atoms with Gasteiger partial charge in [0.1, 0.15) is 0 Å². The van der Waals surface area contributed by atoms with Crippen LogP contribution < -0.4 is 10.8 Å². The smallest absolute Gasteiger partial charge is 0.313 e. The van der Waals surface area contributed by atoms with Gasteiger partial charge in [-0.3, -0.25) is 0 Å². The first-order chi connectivity index (χ1) is 7.89. The number of unbranched alkanes of at least 4 members (excludes halogenated alkanes) is 2. The summed E-state index contributed by atoms with van der Waals surface area (Å²) < 4.78 is 11.1. The highest BCUT2D eigenvalue weighted by molar-refractivity contribution is 8.09. The monoisotopic (exact) mass is 298 g/mol. The van der Waals surface area contributed by atoms with Gasteiger partial charge >= 0.3 is 6.64 Å². The second-order valence-electron chi connectivity index (χ2n) is 3.99. The molecule has 0 aliphatic heterocycles. The van der Waals surface area contributed by atoms with Crippen molar-refractivity contribution in [1.82, 2.24) is 5.09 Å². The summed E-state index contributed by atoms with van der Waals surface area (Å²) in [7, 11) is 0. The van der Waals surface area contributed by atoms with Crippen LogP contribution in [0.3, 0.4) is 0 Å². The Hall–Kier alpha value is 0.420. The maximum absolute atomic E-state index is 5.64. The van der Waals surface area contributed by atoms with Crippen LogP contribution in [0.1, 0.15) is 40.0 Å². The minimum atomic E-state index is -2.47. The van der Waals surface area contributed by atoms with Crippen molar-refractivity contribution in [2.75, 3.05) is 13.1 Å². The van der Waals surface area contributed by atoms with E-state index in [1.165, 1.54) is 0 Å². The maximum atomic E-state index is 5.64. The topological polar surface area (TPSA) is 56.5 Å². The molecule has 0 saturated heterocycles. The molecule has 0 saturated carbocycles. The minimum absolute atomic E-state index is 0.0201. The van der Waals surface area contributed by atoms with Crippen molar-refractivity contribution >= 4 is 35.7 Å². The predicted octanol–water partition coefficient (Wildman–Crippen LogP) is 2.72. The Bertz CT molecular complexity index is 275. The summed E-state index contributed by atoms with van der Waals surface area (Å²) in [6.45, 7) is 4.59. The van der Waals surface area contributed by atoms with E-state index in [-0.39, 0.29) is 6.10 Å². The van der Waals surface area contributed by atoms with Gasteiger partial charge in [0.2, 0.25) is 0 Å². The molecule has 0 heterocycles. The number of nitrogens with two attached hydrogens (primary N) is 1. The highest BCUT2D eigenvalue weighted by Gasteiger charge is 2.21. The summed E-state index contributed by atoms with van der Waals surface area (Å²) in [6.07, 6.45) is 3.14. The van der Waals surface area contributed by atoms with Crippen molar-refractivity contribution in [2.45, 2.75) is 46.1 Å². The van der Waals surface area contributed by atoms with Crippen molar-refractivity contribution in [2.24, 2.45) is 5.73 Å². The highest BCUT2D eigenvalue weighted by Crippen LogP contribution is 2.45. The largest absolute Gasteiger partial charge is 0.426 e. The molecule has 3 N–H and O–H groups in total. The van der Waals surface area contributed by atoms with E-state index >= 15 is 0 Å². The van der Waals surface area contributed by atoms with E-state index in [4.69, 9.17) is 38.8 Å². The van der Waals surface area contributed by atoms with Gasteiger partial charge in [0.15, 0.2) is 5.05 Å². The third-order valence-electron chi connectivity index (χ3n) is 1.78. The van der Waals surface area contributed by atoms with E-state index in [0.717, 1.165) is 32.4 Å². The van der Waals surface area contributed by atoms with Gasteiger partial charge in [-0.25, -0.2) is 5.09 Å². The van der Waals surface area contributed by atoms with Gasteiger partial charge in [-0.05, 0) is 57.3 Å². The van der Waals surface area contributed by atoms with E-state index in [9.17, 15) is 0 Å². The molecular weight excluding hydrogens is 275 g/mol. The molecule has 0 aromatic heterocycles. The van der Waals surface area contributed by atoms with E-state index in [2.05, 4.69) is 5.09 Å². The van der Waals surface area contributed by atoms with Crippen LogP contribution in [0.15, 0.2) is 0 Å². The Kier molecular flexibility index (Phi) is 9.59. The summed E-state index contributed by atoms with van der Waals surface area (Å²) in [5.41, 5.74) is 5.43. The molecule has 4 nitrogen and oxygen atoms in total. The Morgan fingerprint density at radius 3 is 2.47 bits per heavy atom. The number of hydrogen-bond acceptors (Lipinski definition) is 5. The SMILES string of the molecule is CC(=S)OP(=S)(NCCCCCN)OC(C)C. The molecule has 0 aromatic rings. The van der Waals surface area contributed by atoms with Gasteiger partial charge in [0.25, 0.3) is 0 Å². The molecule has 1 unspecified atom stereocenters. The van der Waals surface area contributed by atoms with E-state index < -0.39 is 6.64 Å². The molecule has 0 spiro atoms. The van der Waals surface area contributed by atoms with Crippen molar-refractivity contribution in [3.63, 3.8) is 0 Å². The zero-order chi connectivity index (χ0) is 13.3. The van der Waals surface area contributed by atoms with Crippen LogP contribution in [0.25, 0.3) is 0 Å². The van der Waals surface area contributed by atoms with Crippen LogP contribution in [-0.4, -0.2) is 24.2 Å².